The van der Waals surface area contributed by atoms with E-state index >= 15 is 0 Å². The molecular weight excluding hydrogens is 548 g/mol. The van der Waals surface area contributed by atoms with Crippen molar-refractivity contribution in [1.29, 1.82) is 0 Å². The van der Waals surface area contributed by atoms with Gasteiger partial charge in [-0.1, -0.05) is 65.7 Å². The van der Waals surface area contributed by atoms with Gasteiger partial charge >= 0.3 is 24.1 Å². The van der Waals surface area contributed by atoms with Crippen LogP contribution in [0.25, 0.3) is 0 Å². The molecule has 1 saturated heterocycles. The summed E-state index contributed by atoms with van der Waals surface area (Å²) in [7, 11) is 0. The molecule has 1 aliphatic rings. The van der Waals surface area contributed by atoms with Crippen molar-refractivity contribution in [3.8, 4) is 0 Å². The fourth-order valence-electron chi connectivity index (χ4n) is 4.03. The van der Waals surface area contributed by atoms with E-state index in [1.165, 1.54) is 6.92 Å². The number of aryl methyl sites for hydroxylation is 2. The van der Waals surface area contributed by atoms with E-state index in [2.05, 4.69) is 0 Å². The van der Waals surface area contributed by atoms with Gasteiger partial charge in [-0.2, -0.15) is 0 Å². The molecule has 9 nitrogen and oxygen atoms in total. The monoisotopic (exact) mass is 578 g/mol. The standard InChI is InChI=1S/C31H30O9S/c1-19-9-13-23(14-10-19)28(33)36-18-25-26(39-29(34)24-15-11-20(2)12-16-24)27(30(41-25)38-21(3)32)40-31(35)37-17-22-7-5-4-6-8-22/h4-16,25-27,30H,17-18H2,1-3H3/t25-,26-,27+,30?/m0/s1. The molecule has 4 rings (SSSR count). The normalized spacial score (nSPS) is 19.6. The molecule has 3 aromatic rings. The Morgan fingerprint density at radius 2 is 1.27 bits per heavy atom. The molecule has 0 amide bonds. The molecule has 3 aromatic carbocycles. The van der Waals surface area contributed by atoms with Gasteiger partial charge in [0.25, 0.3) is 0 Å². The van der Waals surface area contributed by atoms with Gasteiger partial charge in [0.05, 0.1) is 16.4 Å². The highest BCUT2D eigenvalue weighted by Crippen LogP contribution is 2.40. The molecule has 0 aliphatic carbocycles. The molecule has 0 bridgehead atoms. The van der Waals surface area contributed by atoms with Crippen molar-refractivity contribution in [2.75, 3.05) is 6.61 Å². The molecular formula is C31H30O9S. The zero-order valence-electron chi connectivity index (χ0n) is 22.8. The second kappa shape index (κ2) is 13.8. The molecule has 1 aliphatic heterocycles. The topological polar surface area (TPSA) is 114 Å². The fraction of sp³-hybridized carbons (Fsp3) is 0.290. The van der Waals surface area contributed by atoms with Crippen molar-refractivity contribution in [2.24, 2.45) is 0 Å². The number of hydrogen-bond donors (Lipinski definition) is 0. The summed E-state index contributed by atoms with van der Waals surface area (Å²) in [5.74, 6) is -1.89. The molecule has 1 heterocycles. The van der Waals surface area contributed by atoms with Crippen LogP contribution in [-0.4, -0.2) is 53.6 Å². The predicted molar refractivity (Wildman–Crippen MR) is 150 cm³/mol. The van der Waals surface area contributed by atoms with Crippen LogP contribution in [0.2, 0.25) is 0 Å². The number of esters is 3. The third-order valence-corrected chi connectivity index (χ3v) is 7.56. The molecule has 0 saturated carbocycles. The third-order valence-electron chi connectivity index (χ3n) is 6.18. The number of ether oxygens (including phenoxy) is 5. The highest BCUT2D eigenvalue weighted by Gasteiger charge is 2.52. The number of hydrogen-bond acceptors (Lipinski definition) is 10. The van der Waals surface area contributed by atoms with Gasteiger partial charge in [-0.15, -0.1) is 11.8 Å². The average molecular weight is 579 g/mol. The van der Waals surface area contributed by atoms with Crippen molar-refractivity contribution in [1.82, 2.24) is 0 Å². The van der Waals surface area contributed by atoms with Gasteiger partial charge in [0.15, 0.2) is 17.6 Å². The predicted octanol–water partition coefficient (Wildman–Crippen LogP) is 5.41. The van der Waals surface area contributed by atoms with Crippen LogP contribution in [0.1, 0.15) is 44.3 Å². The third kappa shape index (κ3) is 8.34. The molecule has 10 heteroatoms. The van der Waals surface area contributed by atoms with Crippen LogP contribution >= 0.6 is 11.8 Å². The summed E-state index contributed by atoms with van der Waals surface area (Å²) in [6, 6.07) is 22.6. The lowest BCUT2D eigenvalue weighted by Gasteiger charge is -2.25. The molecule has 0 N–H and O–H groups in total. The van der Waals surface area contributed by atoms with Crippen LogP contribution in [0.4, 0.5) is 4.79 Å². The first-order valence-electron chi connectivity index (χ1n) is 12.9. The van der Waals surface area contributed by atoms with Crippen LogP contribution in [0, 0.1) is 13.8 Å². The lowest BCUT2D eigenvalue weighted by atomic mass is 10.1. The van der Waals surface area contributed by atoms with Crippen LogP contribution in [-0.2, 0) is 35.1 Å². The first-order chi connectivity index (χ1) is 19.7. The van der Waals surface area contributed by atoms with Crippen LogP contribution in [0.15, 0.2) is 78.9 Å². The van der Waals surface area contributed by atoms with Crippen molar-refractivity contribution >= 4 is 35.8 Å². The van der Waals surface area contributed by atoms with Crippen LogP contribution in [0.3, 0.4) is 0 Å². The summed E-state index contributed by atoms with van der Waals surface area (Å²) in [5, 5.41) is -0.727. The summed E-state index contributed by atoms with van der Waals surface area (Å²) in [5.41, 5.74) is 2.26. The minimum absolute atomic E-state index is 0.0524. The average Bonchev–Trinajstić information content (AvgIpc) is 3.26. The largest absolute Gasteiger partial charge is 0.509 e. The van der Waals surface area contributed by atoms with Gasteiger partial charge in [-0.05, 0) is 43.7 Å². The minimum atomic E-state index is -1.23. The van der Waals surface area contributed by atoms with Gasteiger partial charge in [-0.3, -0.25) is 4.79 Å². The first-order valence-corrected chi connectivity index (χ1v) is 13.9. The number of thioether (sulfide) groups is 1. The van der Waals surface area contributed by atoms with Gasteiger partial charge < -0.3 is 23.7 Å². The lowest BCUT2D eigenvalue weighted by Crippen LogP contribution is -2.42. The Labute approximate surface area is 242 Å². The zero-order valence-corrected chi connectivity index (χ0v) is 23.6. The Kier molecular flexibility index (Phi) is 10.0. The van der Waals surface area contributed by atoms with Gasteiger partial charge in [0, 0.05) is 6.92 Å². The molecule has 0 spiro atoms. The fourth-order valence-corrected chi connectivity index (χ4v) is 5.44. The highest BCUT2D eigenvalue weighted by atomic mass is 32.2. The Morgan fingerprint density at radius 3 is 1.85 bits per heavy atom. The molecule has 4 atom stereocenters. The second-order valence-electron chi connectivity index (χ2n) is 9.46. The van der Waals surface area contributed by atoms with Gasteiger partial charge in [0.2, 0.25) is 0 Å². The summed E-state index contributed by atoms with van der Waals surface area (Å²) in [4.78, 5) is 50.4. The molecule has 0 radical (unpaired) electrons. The van der Waals surface area contributed by atoms with E-state index < -0.39 is 47.0 Å². The maximum atomic E-state index is 13.1. The van der Waals surface area contributed by atoms with Crippen LogP contribution in [0.5, 0.6) is 0 Å². The highest BCUT2D eigenvalue weighted by molar-refractivity contribution is 8.00. The number of carbonyl (C=O) groups is 4. The summed E-state index contributed by atoms with van der Waals surface area (Å²) < 4.78 is 27.6. The first kappa shape index (κ1) is 29.7. The summed E-state index contributed by atoms with van der Waals surface area (Å²) in [6.07, 6.45) is -3.40. The molecule has 1 fully saturated rings. The Hall–Kier alpha value is -4.31. The van der Waals surface area contributed by atoms with Crippen molar-refractivity contribution in [3.05, 3.63) is 107 Å². The van der Waals surface area contributed by atoms with E-state index in [1.807, 2.05) is 19.9 Å². The molecule has 214 valence electrons. The Balaban J connectivity index is 1.53. The zero-order chi connectivity index (χ0) is 29.4. The smallest absolute Gasteiger partial charge is 0.461 e. The van der Waals surface area contributed by atoms with Gasteiger partial charge in [-0.25, -0.2) is 14.4 Å². The van der Waals surface area contributed by atoms with E-state index in [4.69, 9.17) is 23.7 Å². The lowest BCUT2D eigenvalue weighted by molar-refractivity contribution is -0.149. The number of rotatable bonds is 9. The molecule has 0 aromatic heterocycles. The van der Waals surface area contributed by atoms with Gasteiger partial charge in [0.1, 0.15) is 13.2 Å². The van der Waals surface area contributed by atoms with E-state index in [0.29, 0.717) is 5.56 Å². The maximum absolute atomic E-state index is 13.1. The Morgan fingerprint density at radius 1 is 0.683 bits per heavy atom. The molecule has 1 unspecified atom stereocenters. The van der Waals surface area contributed by atoms with E-state index in [-0.39, 0.29) is 18.8 Å². The van der Waals surface area contributed by atoms with Crippen molar-refractivity contribution in [3.63, 3.8) is 0 Å². The number of benzene rings is 3. The summed E-state index contributed by atoms with van der Waals surface area (Å²) >= 11 is 1.06. The Bertz CT molecular complexity index is 1360. The van der Waals surface area contributed by atoms with Crippen LogP contribution < -0.4 is 0 Å². The van der Waals surface area contributed by atoms with Crippen molar-refractivity contribution in [2.45, 2.75) is 50.3 Å². The second-order valence-corrected chi connectivity index (χ2v) is 10.8. The SMILES string of the molecule is CC(=O)OC1S[C@@H](COC(=O)c2ccc(C)cc2)[C@H](OC(=O)c2ccc(C)cc2)[C@H]1OC(=O)OCc1ccccc1. The minimum Gasteiger partial charge on any atom is -0.461 e. The number of carbonyl (C=O) groups excluding carboxylic acids is 4. The maximum Gasteiger partial charge on any atom is 0.509 e. The molecule has 41 heavy (non-hydrogen) atoms. The van der Waals surface area contributed by atoms with E-state index in [9.17, 15) is 19.2 Å². The quantitative estimate of drug-likeness (QED) is 0.241. The summed E-state index contributed by atoms with van der Waals surface area (Å²) in [6.45, 7) is 4.74. The van der Waals surface area contributed by atoms with E-state index in [0.717, 1.165) is 28.5 Å². The van der Waals surface area contributed by atoms with Crippen molar-refractivity contribution < 1.29 is 42.9 Å². The van der Waals surface area contributed by atoms with E-state index in [1.54, 1.807) is 72.8 Å².